The van der Waals surface area contributed by atoms with E-state index in [1.165, 1.54) is 7.11 Å². The number of carbonyl (C=O) groups is 1. The predicted octanol–water partition coefficient (Wildman–Crippen LogP) is 4.55. The molecule has 13 heteroatoms. The standard InChI is InChI=1S/C31H36N8O4S/c1-19-8-9-21(30(40)34-23-15-22(31(2,3)4)16-24(28(23)43-6)36-44(7,41)42)14-26(19)39-18-25(35-37-39)27-17-33-29(38(27)5)20-10-12-32-13-11-20/h8-18,35-37H,1-7H3,(H,34,40). The van der Waals surface area contributed by atoms with Gasteiger partial charge in [0, 0.05) is 30.6 Å². The molecule has 2 aromatic carbocycles. The Balaban J connectivity index is 1.44. The fraction of sp³-hybridized carbons (Fsp3) is 0.258. The molecule has 3 heterocycles. The highest BCUT2D eigenvalue weighted by atomic mass is 32.2. The summed E-state index contributed by atoms with van der Waals surface area (Å²) in [5, 5.41) is 4.73. The van der Waals surface area contributed by atoms with Crippen LogP contribution in [0, 0.1) is 6.92 Å². The Hall–Kier alpha value is -4.88. The van der Waals surface area contributed by atoms with Crippen molar-refractivity contribution in [2.24, 2.45) is 7.05 Å². The monoisotopic (exact) mass is 616 g/mol. The molecule has 4 aromatic rings. The van der Waals surface area contributed by atoms with Crippen molar-refractivity contribution in [3.05, 3.63) is 89.6 Å². The van der Waals surface area contributed by atoms with Gasteiger partial charge in [0.05, 0.1) is 54.2 Å². The lowest BCUT2D eigenvalue weighted by molar-refractivity contribution is 0.102. The van der Waals surface area contributed by atoms with Crippen molar-refractivity contribution in [2.75, 3.05) is 28.4 Å². The molecule has 4 N–H and O–H groups in total. The van der Waals surface area contributed by atoms with E-state index in [2.05, 4.69) is 31.0 Å². The first-order valence-corrected chi connectivity index (χ1v) is 15.7. The van der Waals surface area contributed by atoms with Crippen molar-refractivity contribution in [1.82, 2.24) is 25.5 Å². The van der Waals surface area contributed by atoms with E-state index >= 15 is 0 Å². The van der Waals surface area contributed by atoms with Crippen LogP contribution in [-0.2, 0) is 22.5 Å². The first-order chi connectivity index (χ1) is 20.7. The van der Waals surface area contributed by atoms with Gasteiger partial charge in [-0.25, -0.2) is 13.4 Å². The highest BCUT2D eigenvalue weighted by molar-refractivity contribution is 7.92. The number of benzene rings is 2. The van der Waals surface area contributed by atoms with E-state index in [0.717, 1.165) is 45.8 Å². The molecular formula is C31H36N8O4S. The molecule has 0 spiro atoms. The number of hydrazine groups is 2. The molecule has 0 aliphatic carbocycles. The van der Waals surface area contributed by atoms with Crippen molar-refractivity contribution in [2.45, 2.75) is 33.1 Å². The Morgan fingerprint density at radius 2 is 1.75 bits per heavy atom. The number of ether oxygens (including phenoxy) is 1. The second-order valence-electron chi connectivity index (χ2n) is 11.6. The van der Waals surface area contributed by atoms with Gasteiger partial charge in [0.2, 0.25) is 10.0 Å². The van der Waals surface area contributed by atoms with Gasteiger partial charge in [0.1, 0.15) is 5.82 Å². The van der Waals surface area contributed by atoms with E-state index < -0.39 is 10.0 Å². The number of pyridine rings is 1. The summed E-state index contributed by atoms with van der Waals surface area (Å²) in [5.41, 5.74) is 12.1. The molecule has 0 bridgehead atoms. The summed E-state index contributed by atoms with van der Waals surface area (Å²) >= 11 is 0. The largest absolute Gasteiger partial charge is 0.492 e. The zero-order valence-corrected chi connectivity index (χ0v) is 26.5. The maximum absolute atomic E-state index is 13.6. The van der Waals surface area contributed by atoms with Crippen molar-refractivity contribution in [1.29, 1.82) is 0 Å². The fourth-order valence-corrected chi connectivity index (χ4v) is 5.41. The Morgan fingerprint density at radius 1 is 1.05 bits per heavy atom. The molecule has 1 aliphatic rings. The molecule has 44 heavy (non-hydrogen) atoms. The lowest BCUT2D eigenvalue weighted by Gasteiger charge is -2.24. The van der Waals surface area contributed by atoms with E-state index in [4.69, 9.17) is 4.74 Å². The summed E-state index contributed by atoms with van der Waals surface area (Å²) < 4.78 is 34.3. The predicted molar refractivity (Wildman–Crippen MR) is 172 cm³/mol. The number of aryl methyl sites for hydroxylation is 1. The third kappa shape index (κ3) is 6.38. The van der Waals surface area contributed by atoms with Crippen molar-refractivity contribution < 1.29 is 17.9 Å². The molecule has 0 atom stereocenters. The Bertz CT molecular complexity index is 1860. The van der Waals surface area contributed by atoms with Crippen LogP contribution in [0.3, 0.4) is 0 Å². The summed E-state index contributed by atoms with van der Waals surface area (Å²) in [6.07, 6.45) is 8.22. The molecule has 0 fully saturated rings. The molecule has 0 radical (unpaired) electrons. The SMILES string of the molecule is COc1c(NC(=O)c2ccc(C)c(N3C=C(c4cnc(-c5ccncc5)n4C)NN3)c2)cc(C(C)(C)C)cc1NS(C)(=O)=O. The van der Waals surface area contributed by atoms with Gasteiger partial charge in [0.15, 0.2) is 5.75 Å². The second kappa shape index (κ2) is 11.7. The topological polar surface area (TPSA) is 143 Å². The summed E-state index contributed by atoms with van der Waals surface area (Å²) in [6, 6.07) is 12.7. The van der Waals surface area contributed by atoms with E-state index in [9.17, 15) is 13.2 Å². The Kier molecular flexibility index (Phi) is 8.10. The van der Waals surface area contributed by atoms with Crippen LogP contribution in [0.15, 0.2) is 67.3 Å². The number of anilines is 3. The number of nitrogens with zero attached hydrogens (tertiary/aromatic N) is 4. The number of imidazole rings is 1. The van der Waals surface area contributed by atoms with Crippen molar-refractivity contribution >= 4 is 38.7 Å². The maximum atomic E-state index is 13.6. The van der Waals surface area contributed by atoms with E-state index in [1.807, 2.05) is 63.7 Å². The molecule has 230 valence electrons. The number of carbonyl (C=O) groups excluding carboxylic acids is 1. The summed E-state index contributed by atoms with van der Waals surface area (Å²) in [6.45, 7) is 7.96. The van der Waals surface area contributed by atoms with Gasteiger partial charge in [-0.3, -0.25) is 24.9 Å². The number of aromatic nitrogens is 3. The highest BCUT2D eigenvalue weighted by Gasteiger charge is 2.24. The van der Waals surface area contributed by atoms with Crippen LogP contribution >= 0.6 is 0 Å². The van der Waals surface area contributed by atoms with Gasteiger partial charge in [0.25, 0.3) is 5.91 Å². The van der Waals surface area contributed by atoms with Gasteiger partial charge < -0.3 is 14.6 Å². The zero-order valence-electron chi connectivity index (χ0n) is 25.7. The van der Waals surface area contributed by atoms with Gasteiger partial charge in [-0.05, 0) is 59.9 Å². The van der Waals surface area contributed by atoms with Gasteiger partial charge in [-0.2, -0.15) is 0 Å². The van der Waals surface area contributed by atoms with Crippen molar-refractivity contribution in [3.63, 3.8) is 0 Å². The average molecular weight is 617 g/mol. The molecule has 0 saturated heterocycles. The highest BCUT2D eigenvalue weighted by Crippen LogP contribution is 2.39. The first-order valence-electron chi connectivity index (χ1n) is 13.8. The van der Waals surface area contributed by atoms with Crippen LogP contribution in [-0.4, -0.2) is 42.2 Å². The number of hydrogen-bond acceptors (Lipinski definition) is 9. The normalized spacial score (nSPS) is 13.3. The summed E-state index contributed by atoms with van der Waals surface area (Å²) in [4.78, 5) is 22.3. The summed E-state index contributed by atoms with van der Waals surface area (Å²) in [7, 11) is -0.232. The first kappa shape index (κ1) is 30.6. The van der Waals surface area contributed by atoms with Gasteiger partial charge >= 0.3 is 0 Å². The third-order valence-electron chi connectivity index (χ3n) is 7.21. The van der Waals surface area contributed by atoms with Crippen LogP contribution < -0.4 is 30.7 Å². The lowest BCUT2D eigenvalue weighted by atomic mass is 9.86. The fourth-order valence-electron chi connectivity index (χ4n) is 4.86. The van der Waals surface area contributed by atoms with Gasteiger partial charge in [-0.1, -0.05) is 26.8 Å². The number of rotatable bonds is 8. The molecule has 0 unspecified atom stereocenters. The Labute approximate surface area is 257 Å². The minimum absolute atomic E-state index is 0.212. The Morgan fingerprint density at radius 3 is 2.41 bits per heavy atom. The molecule has 12 nitrogen and oxygen atoms in total. The molecular weight excluding hydrogens is 580 g/mol. The summed E-state index contributed by atoms with van der Waals surface area (Å²) in [5.74, 6) is 0.634. The minimum Gasteiger partial charge on any atom is -0.492 e. The maximum Gasteiger partial charge on any atom is 0.255 e. The van der Waals surface area contributed by atoms with Crippen LogP contribution in [0.5, 0.6) is 5.75 Å². The average Bonchev–Trinajstić information content (AvgIpc) is 3.59. The number of sulfonamides is 1. The molecule has 2 aromatic heterocycles. The second-order valence-corrected chi connectivity index (χ2v) is 13.3. The van der Waals surface area contributed by atoms with Crippen molar-refractivity contribution in [3.8, 4) is 17.1 Å². The van der Waals surface area contributed by atoms with E-state index in [0.29, 0.717) is 11.3 Å². The quantitative estimate of drug-likeness (QED) is 0.224. The van der Waals surface area contributed by atoms with Crippen LogP contribution in [0.1, 0.15) is 48.0 Å². The molecule has 0 saturated carbocycles. The van der Waals surface area contributed by atoms with Crippen LogP contribution in [0.25, 0.3) is 17.1 Å². The van der Waals surface area contributed by atoms with E-state index in [-0.39, 0.29) is 22.8 Å². The number of hydrogen-bond donors (Lipinski definition) is 4. The molecule has 1 amide bonds. The molecule has 1 aliphatic heterocycles. The zero-order chi connectivity index (χ0) is 31.8. The van der Waals surface area contributed by atoms with Gasteiger partial charge in [-0.15, -0.1) is 5.53 Å². The van der Waals surface area contributed by atoms with E-state index in [1.54, 1.807) is 47.9 Å². The van der Waals surface area contributed by atoms with Crippen LogP contribution in [0.4, 0.5) is 17.1 Å². The minimum atomic E-state index is -3.60. The number of amides is 1. The number of nitrogens with one attached hydrogen (secondary N) is 4. The molecule has 5 rings (SSSR count). The van der Waals surface area contributed by atoms with Crippen LogP contribution in [0.2, 0.25) is 0 Å². The third-order valence-corrected chi connectivity index (χ3v) is 7.80. The lowest BCUT2D eigenvalue weighted by Crippen LogP contribution is -2.36. The smallest absolute Gasteiger partial charge is 0.255 e. The number of methoxy groups -OCH3 is 1.